The number of likely N-dealkylation sites (N-methyl/N-ethyl adjacent to an activating group) is 1. The molecule has 1 unspecified atom stereocenters. The zero-order valence-corrected chi connectivity index (χ0v) is 18.0. The van der Waals surface area contributed by atoms with Crippen LogP contribution in [0.4, 0.5) is 0 Å². The van der Waals surface area contributed by atoms with Crippen LogP contribution < -0.4 is 11.1 Å². The third-order valence-corrected chi connectivity index (χ3v) is 5.84. The van der Waals surface area contributed by atoms with Gasteiger partial charge in [-0.3, -0.25) is 14.2 Å². The second-order valence-corrected chi connectivity index (χ2v) is 7.80. The maximum Gasteiger partial charge on any atom is 0.230 e. The van der Waals surface area contributed by atoms with Gasteiger partial charge in [-0.15, -0.1) is 0 Å². The largest absolute Gasteiger partial charge is 0.343 e. The van der Waals surface area contributed by atoms with Crippen molar-refractivity contribution in [2.75, 3.05) is 33.2 Å². The lowest BCUT2D eigenvalue weighted by Crippen LogP contribution is -2.42. The Balaban J connectivity index is 2.19. The second-order valence-electron chi connectivity index (χ2n) is 7.80. The van der Waals surface area contributed by atoms with Gasteiger partial charge in [0.2, 0.25) is 11.8 Å². The molecule has 0 fully saturated rings. The van der Waals surface area contributed by atoms with Gasteiger partial charge >= 0.3 is 0 Å². The molecule has 0 saturated carbocycles. The minimum absolute atomic E-state index is 0.142. The molecule has 1 atom stereocenters. The summed E-state index contributed by atoms with van der Waals surface area (Å²) in [4.78, 5) is 29.2. The molecular weight excluding hydrogens is 360 g/mol. The van der Waals surface area contributed by atoms with E-state index in [1.54, 1.807) is 0 Å². The lowest BCUT2D eigenvalue weighted by Gasteiger charge is -2.32. The summed E-state index contributed by atoms with van der Waals surface area (Å²) in [5.41, 5.74) is 4.43. The zero-order chi connectivity index (χ0) is 21.5. The normalized spacial score (nSPS) is 17.4. The average molecular weight is 387 g/mol. The van der Waals surface area contributed by atoms with E-state index in [4.69, 9.17) is 15.7 Å². The minimum atomic E-state index is -0.205. The zero-order valence-electron chi connectivity index (χ0n) is 18.0. The lowest BCUT2D eigenvalue weighted by atomic mass is 9.86. The molecule has 0 saturated heterocycles. The number of carbonyl (C=O) groups is 2. The molecule has 1 aliphatic heterocycles. The van der Waals surface area contributed by atoms with Gasteiger partial charge in [0.25, 0.3) is 0 Å². The summed E-state index contributed by atoms with van der Waals surface area (Å²) in [5.74, 6) is -0.235. The van der Waals surface area contributed by atoms with Gasteiger partial charge in [-0.2, -0.15) is 0 Å². The third kappa shape index (κ3) is 3.68. The van der Waals surface area contributed by atoms with Crippen LogP contribution in [0.15, 0.2) is 18.2 Å². The smallest absolute Gasteiger partial charge is 0.230 e. The Bertz CT molecular complexity index is 1010. The molecule has 1 aromatic carbocycles. The first kappa shape index (κ1) is 21.4. The number of benzene rings is 1. The first-order valence-electron chi connectivity index (χ1n) is 10.1. The Kier molecular flexibility index (Phi) is 6.08. The molecule has 1 aliphatic rings. The molecule has 148 valence electrons. The highest BCUT2D eigenvalue weighted by atomic mass is 16.2. The number of rotatable bonds is 4. The third-order valence-electron chi connectivity index (χ3n) is 5.84. The number of aromatic nitrogens is 1. The van der Waals surface area contributed by atoms with Gasteiger partial charge in [0, 0.05) is 44.0 Å². The predicted molar refractivity (Wildman–Crippen MR) is 121 cm³/mol. The van der Waals surface area contributed by atoms with Crippen LogP contribution in [0.5, 0.6) is 0 Å². The molecule has 7 heteroatoms. The summed E-state index contributed by atoms with van der Waals surface area (Å²) >= 11 is 0. The van der Waals surface area contributed by atoms with Crippen LogP contribution in [0.25, 0.3) is 16.5 Å². The van der Waals surface area contributed by atoms with Gasteiger partial charge in [0.05, 0.1) is 5.92 Å². The molecule has 0 spiro atoms. The summed E-state index contributed by atoms with van der Waals surface area (Å²) in [6, 6.07) is 3.78. The summed E-state index contributed by atoms with van der Waals surface area (Å²) in [6.07, 6.45) is 2.08. The molecule has 1 amide bonds. The number of nitrogens with zero attached hydrogens (tertiary/aromatic N) is 3. The van der Waals surface area contributed by atoms with Crippen molar-refractivity contribution in [2.24, 2.45) is 5.92 Å². The second kappa shape index (κ2) is 8.23. The fourth-order valence-electron chi connectivity index (χ4n) is 4.37. The molecule has 5 nitrogen and oxygen atoms in total. The summed E-state index contributed by atoms with van der Waals surface area (Å²) in [5, 5.41) is 0.883. The van der Waals surface area contributed by atoms with E-state index in [1.807, 2.05) is 44.9 Å². The van der Waals surface area contributed by atoms with E-state index >= 15 is 0 Å². The minimum Gasteiger partial charge on any atom is -0.343 e. The van der Waals surface area contributed by atoms with Crippen LogP contribution in [0.3, 0.4) is 0 Å². The Morgan fingerprint density at radius 2 is 1.86 bits per heavy atom. The van der Waals surface area contributed by atoms with Gasteiger partial charge in [-0.25, -0.2) is 0 Å². The SMILES string of the molecule is [B]c1ccc(C2=CC(C(=O)N(CC)CC)CN(C)C2)c2c(C)c([B])n(C(C)=O)c12. The van der Waals surface area contributed by atoms with E-state index in [9.17, 15) is 9.59 Å². The topological polar surface area (TPSA) is 45.6 Å². The van der Waals surface area contributed by atoms with E-state index in [2.05, 4.69) is 11.0 Å². The van der Waals surface area contributed by atoms with Gasteiger partial charge in [-0.1, -0.05) is 23.7 Å². The van der Waals surface area contributed by atoms with E-state index in [0.717, 1.165) is 22.1 Å². The fourth-order valence-corrected chi connectivity index (χ4v) is 4.37. The van der Waals surface area contributed by atoms with Crippen LogP contribution in [0.2, 0.25) is 0 Å². The Morgan fingerprint density at radius 1 is 1.21 bits per heavy atom. The highest BCUT2D eigenvalue weighted by molar-refractivity contribution is 6.42. The van der Waals surface area contributed by atoms with E-state index in [0.29, 0.717) is 42.8 Å². The molecule has 29 heavy (non-hydrogen) atoms. The molecule has 4 radical (unpaired) electrons. The van der Waals surface area contributed by atoms with Gasteiger partial charge in [0.1, 0.15) is 15.7 Å². The van der Waals surface area contributed by atoms with Crippen molar-refractivity contribution in [3.05, 3.63) is 29.3 Å². The monoisotopic (exact) mass is 387 g/mol. The van der Waals surface area contributed by atoms with Crippen molar-refractivity contribution in [3.8, 4) is 0 Å². The summed E-state index contributed by atoms with van der Waals surface area (Å²) in [7, 11) is 14.5. The van der Waals surface area contributed by atoms with Crippen molar-refractivity contribution < 1.29 is 9.59 Å². The average Bonchev–Trinajstić information content (AvgIpc) is 2.95. The molecule has 1 aromatic heterocycles. The standard InChI is InChI=1S/C22H27B2N3O2/c1-6-26(7-2)22(29)16-10-15(11-25(5)12-16)17-8-9-18(23)20-19(17)13(3)21(24)27(20)14(4)28/h8-10,16H,6-7,11-12H2,1-5H3. The number of hydrogen-bond donors (Lipinski definition) is 0. The highest BCUT2D eigenvalue weighted by Gasteiger charge is 2.28. The molecule has 0 N–H and O–H groups in total. The molecule has 0 aliphatic carbocycles. The molecule has 3 rings (SSSR count). The fraction of sp³-hybridized carbons (Fsp3) is 0.455. The number of amides is 1. The highest BCUT2D eigenvalue weighted by Crippen LogP contribution is 2.31. The Morgan fingerprint density at radius 3 is 2.45 bits per heavy atom. The van der Waals surface area contributed by atoms with Gasteiger partial charge < -0.3 is 9.80 Å². The lowest BCUT2D eigenvalue weighted by molar-refractivity contribution is -0.134. The quantitative estimate of drug-likeness (QED) is 0.736. The van der Waals surface area contributed by atoms with Crippen molar-refractivity contribution in [1.29, 1.82) is 0 Å². The Labute approximate surface area is 175 Å². The van der Waals surface area contributed by atoms with Crippen LogP contribution >= 0.6 is 0 Å². The van der Waals surface area contributed by atoms with Gasteiger partial charge in [-0.05, 0) is 50.1 Å². The maximum absolute atomic E-state index is 13.0. The molecular formula is C22H27B2N3O2. The summed E-state index contributed by atoms with van der Waals surface area (Å²) in [6.45, 7) is 10.2. The maximum atomic E-state index is 13.0. The number of carbonyl (C=O) groups excluding carboxylic acids is 2. The summed E-state index contributed by atoms with van der Waals surface area (Å²) < 4.78 is 1.48. The molecule has 0 bridgehead atoms. The van der Waals surface area contributed by atoms with Crippen molar-refractivity contribution in [2.45, 2.75) is 27.7 Å². The van der Waals surface area contributed by atoms with Crippen LogP contribution in [-0.4, -0.2) is 75.1 Å². The molecule has 2 heterocycles. The Hall–Kier alpha value is -2.27. The molecule has 2 aromatic rings. The number of hydrogen-bond acceptors (Lipinski definition) is 3. The van der Waals surface area contributed by atoms with Crippen LogP contribution in [0.1, 0.15) is 36.7 Å². The van der Waals surface area contributed by atoms with Crippen molar-refractivity contribution in [3.63, 3.8) is 0 Å². The van der Waals surface area contributed by atoms with Gasteiger partial charge in [0.15, 0.2) is 0 Å². The van der Waals surface area contributed by atoms with Crippen molar-refractivity contribution in [1.82, 2.24) is 14.4 Å². The van der Waals surface area contributed by atoms with E-state index in [1.165, 1.54) is 11.5 Å². The predicted octanol–water partition coefficient (Wildman–Crippen LogP) is 1.01. The van der Waals surface area contributed by atoms with Crippen molar-refractivity contribution >= 4 is 55.0 Å². The van der Waals surface area contributed by atoms with E-state index < -0.39 is 0 Å². The number of fused-ring (bicyclic) bond motifs is 1. The van der Waals surface area contributed by atoms with E-state index in [-0.39, 0.29) is 17.7 Å². The first-order valence-corrected chi connectivity index (χ1v) is 10.1. The van der Waals surface area contributed by atoms with Crippen LogP contribution in [-0.2, 0) is 4.79 Å². The number of aryl methyl sites for hydroxylation is 1. The first-order chi connectivity index (χ1) is 13.7. The van der Waals surface area contributed by atoms with Crippen LogP contribution in [0, 0.1) is 12.8 Å².